The molecule has 5 heteroatoms. The molecule has 0 saturated heterocycles. The van der Waals surface area contributed by atoms with E-state index in [9.17, 15) is 10.0 Å². The summed E-state index contributed by atoms with van der Waals surface area (Å²) in [4.78, 5) is 0. The van der Waals surface area contributed by atoms with Crippen molar-refractivity contribution in [3.63, 3.8) is 0 Å². The highest BCUT2D eigenvalue weighted by Gasteiger charge is 2.16. The van der Waals surface area contributed by atoms with Crippen molar-refractivity contribution in [2.75, 3.05) is 0 Å². The van der Waals surface area contributed by atoms with Crippen LogP contribution < -0.4 is 5.46 Å². The fourth-order valence-electron chi connectivity index (χ4n) is 4.10. The molecule has 4 aromatic carbocycles. The molecule has 0 amide bonds. The standard InChI is InChI=1S/C24H15BO4/c26-25(27)15-9-11-23-20(13-15)19-12-14(8-10-22(19)28-23)16-5-3-6-18-17-4-1-2-7-21(17)29-24(16)18/h1-13,26-27H. The maximum atomic E-state index is 9.53. The first-order valence-corrected chi connectivity index (χ1v) is 9.42. The SMILES string of the molecule is OB(O)c1ccc2oc3ccc(-c4cccc5c4oc4ccccc45)cc3c2c1. The lowest BCUT2D eigenvalue weighted by Gasteiger charge is -2.03. The number of para-hydroxylation sites is 2. The molecule has 2 N–H and O–H groups in total. The quantitative estimate of drug-likeness (QED) is 0.424. The van der Waals surface area contributed by atoms with Gasteiger partial charge in [0.2, 0.25) is 0 Å². The van der Waals surface area contributed by atoms with E-state index in [0.717, 1.165) is 49.4 Å². The summed E-state index contributed by atoms with van der Waals surface area (Å²) in [6.45, 7) is 0. The van der Waals surface area contributed by atoms with Gasteiger partial charge in [0.25, 0.3) is 0 Å². The second kappa shape index (κ2) is 5.98. The maximum absolute atomic E-state index is 9.53. The summed E-state index contributed by atoms with van der Waals surface area (Å²) < 4.78 is 12.1. The number of hydrogen-bond acceptors (Lipinski definition) is 4. The molecule has 138 valence electrons. The summed E-state index contributed by atoms with van der Waals surface area (Å²) in [5, 5.41) is 23.0. The van der Waals surface area contributed by atoms with E-state index in [-0.39, 0.29) is 0 Å². The van der Waals surface area contributed by atoms with Gasteiger partial charge in [0.05, 0.1) is 0 Å². The second-order valence-electron chi connectivity index (χ2n) is 7.22. The van der Waals surface area contributed by atoms with Crippen LogP contribution in [0.2, 0.25) is 0 Å². The lowest BCUT2D eigenvalue weighted by molar-refractivity contribution is 0.426. The Morgan fingerprint density at radius 2 is 1.31 bits per heavy atom. The van der Waals surface area contributed by atoms with E-state index in [0.29, 0.717) is 11.0 Å². The minimum atomic E-state index is -1.52. The van der Waals surface area contributed by atoms with Crippen molar-refractivity contribution in [3.05, 3.63) is 78.9 Å². The molecule has 4 nitrogen and oxygen atoms in total. The Kier molecular flexibility index (Phi) is 3.39. The van der Waals surface area contributed by atoms with E-state index in [1.807, 2.05) is 36.4 Å². The van der Waals surface area contributed by atoms with Crippen LogP contribution >= 0.6 is 0 Å². The number of hydrogen-bond donors (Lipinski definition) is 2. The molecule has 0 aliphatic rings. The molecule has 0 radical (unpaired) electrons. The van der Waals surface area contributed by atoms with Crippen LogP contribution in [0.5, 0.6) is 0 Å². The zero-order valence-corrected chi connectivity index (χ0v) is 15.3. The van der Waals surface area contributed by atoms with Crippen molar-refractivity contribution in [2.45, 2.75) is 0 Å². The molecule has 6 aromatic rings. The Morgan fingerprint density at radius 1 is 0.586 bits per heavy atom. The minimum absolute atomic E-state index is 0.435. The highest BCUT2D eigenvalue weighted by molar-refractivity contribution is 6.59. The second-order valence-corrected chi connectivity index (χ2v) is 7.22. The van der Waals surface area contributed by atoms with E-state index in [4.69, 9.17) is 8.83 Å². The van der Waals surface area contributed by atoms with E-state index < -0.39 is 7.12 Å². The van der Waals surface area contributed by atoms with Gasteiger partial charge in [-0.2, -0.15) is 0 Å². The van der Waals surface area contributed by atoms with Gasteiger partial charge in [-0.15, -0.1) is 0 Å². The number of benzene rings is 4. The van der Waals surface area contributed by atoms with Crippen molar-refractivity contribution in [2.24, 2.45) is 0 Å². The Labute approximate surface area is 165 Å². The van der Waals surface area contributed by atoms with Gasteiger partial charge in [0, 0.05) is 27.1 Å². The predicted molar refractivity (Wildman–Crippen MR) is 116 cm³/mol. The molecule has 2 heterocycles. The molecular formula is C24H15BO4. The van der Waals surface area contributed by atoms with Crippen LogP contribution in [0.1, 0.15) is 0 Å². The van der Waals surface area contributed by atoms with Crippen LogP contribution in [0, 0.1) is 0 Å². The molecule has 0 saturated carbocycles. The van der Waals surface area contributed by atoms with Gasteiger partial charge in [0.1, 0.15) is 22.3 Å². The lowest BCUT2D eigenvalue weighted by atomic mass is 9.80. The van der Waals surface area contributed by atoms with E-state index in [2.05, 4.69) is 24.3 Å². The van der Waals surface area contributed by atoms with Gasteiger partial charge in [-0.1, -0.05) is 54.6 Å². The molecule has 29 heavy (non-hydrogen) atoms. The first-order valence-electron chi connectivity index (χ1n) is 9.42. The number of fused-ring (bicyclic) bond motifs is 6. The first-order chi connectivity index (χ1) is 14.2. The van der Waals surface area contributed by atoms with Crippen molar-refractivity contribution in [1.82, 2.24) is 0 Å². The van der Waals surface area contributed by atoms with Crippen molar-refractivity contribution in [3.8, 4) is 11.1 Å². The maximum Gasteiger partial charge on any atom is 0.488 e. The summed E-state index contributed by atoms with van der Waals surface area (Å²) in [6, 6.07) is 25.4. The largest absolute Gasteiger partial charge is 0.488 e. The van der Waals surface area contributed by atoms with Crippen LogP contribution in [-0.2, 0) is 0 Å². The van der Waals surface area contributed by atoms with Crippen LogP contribution in [0.15, 0.2) is 87.7 Å². The van der Waals surface area contributed by atoms with Crippen LogP contribution in [0.25, 0.3) is 55.0 Å². The van der Waals surface area contributed by atoms with Gasteiger partial charge < -0.3 is 18.9 Å². The van der Waals surface area contributed by atoms with E-state index >= 15 is 0 Å². The Morgan fingerprint density at radius 3 is 2.17 bits per heavy atom. The number of furan rings is 2. The summed E-state index contributed by atoms with van der Waals surface area (Å²) in [5.74, 6) is 0. The van der Waals surface area contributed by atoms with E-state index in [1.54, 1.807) is 18.2 Å². The third kappa shape index (κ3) is 2.42. The fraction of sp³-hybridized carbons (Fsp3) is 0. The smallest absolute Gasteiger partial charge is 0.456 e. The van der Waals surface area contributed by atoms with Gasteiger partial charge in [-0.05, 0) is 35.3 Å². The molecule has 0 unspecified atom stereocenters. The Balaban J connectivity index is 1.63. The third-order valence-corrected chi connectivity index (χ3v) is 5.51. The highest BCUT2D eigenvalue weighted by atomic mass is 16.4. The van der Waals surface area contributed by atoms with Crippen molar-refractivity contribution < 1.29 is 18.9 Å². The molecule has 0 fully saturated rings. The van der Waals surface area contributed by atoms with Gasteiger partial charge in [-0.3, -0.25) is 0 Å². The Hall–Kier alpha value is -3.54. The van der Waals surface area contributed by atoms with E-state index in [1.165, 1.54) is 0 Å². The molecule has 0 aliphatic heterocycles. The van der Waals surface area contributed by atoms with Gasteiger partial charge in [0.15, 0.2) is 0 Å². The molecule has 0 atom stereocenters. The summed E-state index contributed by atoms with van der Waals surface area (Å²) >= 11 is 0. The minimum Gasteiger partial charge on any atom is -0.456 e. The molecule has 6 rings (SSSR count). The monoisotopic (exact) mass is 378 g/mol. The molecule has 0 spiro atoms. The van der Waals surface area contributed by atoms with Crippen molar-refractivity contribution >= 4 is 56.5 Å². The van der Waals surface area contributed by atoms with Crippen LogP contribution in [0.4, 0.5) is 0 Å². The lowest BCUT2D eigenvalue weighted by Crippen LogP contribution is -2.29. The Bertz CT molecular complexity index is 1540. The normalized spacial score (nSPS) is 11.8. The first kappa shape index (κ1) is 16.4. The third-order valence-electron chi connectivity index (χ3n) is 5.51. The highest BCUT2D eigenvalue weighted by Crippen LogP contribution is 2.38. The molecule has 0 bridgehead atoms. The zero-order valence-electron chi connectivity index (χ0n) is 15.3. The van der Waals surface area contributed by atoms with Crippen molar-refractivity contribution in [1.29, 1.82) is 0 Å². The summed E-state index contributed by atoms with van der Waals surface area (Å²) in [6.07, 6.45) is 0. The topological polar surface area (TPSA) is 66.7 Å². The number of rotatable bonds is 2. The molecule has 2 aromatic heterocycles. The van der Waals surface area contributed by atoms with Crippen LogP contribution in [0.3, 0.4) is 0 Å². The average Bonchev–Trinajstić information content (AvgIpc) is 3.30. The van der Waals surface area contributed by atoms with Gasteiger partial charge >= 0.3 is 7.12 Å². The van der Waals surface area contributed by atoms with Crippen LogP contribution in [-0.4, -0.2) is 17.2 Å². The molecule has 0 aliphatic carbocycles. The fourth-order valence-corrected chi connectivity index (χ4v) is 4.10. The zero-order chi connectivity index (χ0) is 19.5. The molecular weight excluding hydrogens is 363 g/mol. The average molecular weight is 378 g/mol. The summed E-state index contributed by atoms with van der Waals surface area (Å²) in [7, 11) is -1.52. The summed E-state index contributed by atoms with van der Waals surface area (Å²) in [5.41, 5.74) is 5.64. The van der Waals surface area contributed by atoms with Gasteiger partial charge in [-0.25, -0.2) is 0 Å². The predicted octanol–water partition coefficient (Wildman–Crippen LogP) is 4.83.